The summed E-state index contributed by atoms with van der Waals surface area (Å²) in [4.78, 5) is 0. The summed E-state index contributed by atoms with van der Waals surface area (Å²) in [6.07, 6.45) is 8.10. The first kappa shape index (κ1) is 12.5. The van der Waals surface area contributed by atoms with Gasteiger partial charge in [-0.15, -0.1) is 0 Å². The fourth-order valence-electron chi connectivity index (χ4n) is 1.08. The molecular weight excluding hydrogens is 160 g/mol. The summed E-state index contributed by atoms with van der Waals surface area (Å²) in [6, 6.07) is 0. The Balaban J connectivity index is 3.02. The zero-order valence-corrected chi connectivity index (χ0v) is 9.34. The van der Waals surface area contributed by atoms with Gasteiger partial charge in [-0.1, -0.05) is 27.2 Å². The third kappa shape index (κ3) is 11.5. The molecule has 0 aromatic carbocycles. The normalized spacial score (nSPS) is 11.4. The molecule has 0 fully saturated rings. The molecule has 1 N–H and O–H groups in total. The van der Waals surface area contributed by atoms with Crippen LogP contribution in [0.25, 0.3) is 0 Å². The van der Waals surface area contributed by atoms with Crippen LogP contribution in [0.15, 0.2) is 5.10 Å². The fraction of sp³-hybridized carbons (Fsp3) is 0.909. The first-order chi connectivity index (χ1) is 6.27. The van der Waals surface area contributed by atoms with E-state index in [4.69, 9.17) is 0 Å². The molecule has 0 aromatic heterocycles. The van der Waals surface area contributed by atoms with Crippen LogP contribution < -0.4 is 5.43 Å². The molecule has 0 aliphatic carbocycles. The van der Waals surface area contributed by atoms with E-state index in [1.54, 1.807) is 0 Å². The minimum Gasteiger partial charge on any atom is -0.310 e. The zero-order chi connectivity index (χ0) is 9.94. The average Bonchev–Trinajstić information content (AvgIpc) is 2.09. The third-order valence-corrected chi connectivity index (χ3v) is 1.94. The van der Waals surface area contributed by atoms with E-state index in [1.807, 2.05) is 6.21 Å². The van der Waals surface area contributed by atoms with Gasteiger partial charge in [-0.3, -0.25) is 0 Å². The van der Waals surface area contributed by atoms with Crippen molar-refractivity contribution in [1.29, 1.82) is 0 Å². The second-order valence-corrected chi connectivity index (χ2v) is 3.90. The van der Waals surface area contributed by atoms with Crippen molar-refractivity contribution in [2.24, 2.45) is 11.0 Å². The molecule has 0 unspecified atom stereocenters. The maximum atomic E-state index is 4.13. The Morgan fingerprint density at radius 2 is 2.08 bits per heavy atom. The van der Waals surface area contributed by atoms with E-state index in [1.165, 1.54) is 25.7 Å². The molecule has 2 heteroatoms. The fourth-order valence-corrected chi connectivity index (χ4v) is 1.08. The van der Waals surface area contributed by atoms with E-state index >= 15 is 0 Å². The molecule has 0 radical (unpaired) electrons. The van der Waals surface area contributed by atoms with Gasteiger partial charge in [0.1, 0.15) is 0 Å². The Kier molecular flexibility index (Phi) is 9.17. The lowest BCUT2D eigenvalue weighted by Gasteiger charge is -2.03. The number of hydrogen-bond donors (Lipinski definition) is 1. The molecule has 0 bridgehead atoms. The van der Waals surface area contributed by atoms with Crippen molar-refractivity contribution < 1.29 is 0 Å². The molecule has 0 aliphatic rings. The Hall–Kier alpha value is -0.530. The van der Waals surface area contributed by atoms with Crippen molar-refractivity contribution >= 4 is 6.21 Å². The molecule has 0 aliphatic heterocycles. The Labute approximate surface area is 82.8 Å². The Morgan fingerprint density at radius 1 is 1.31 bits per heavy atom. The smallest absolute Gasteiger partial charge is 0.0329 e. The van der Waals surface area contributed by atoms with Crippen LogP contribution in [0.2, 0.25) is 0 Å². The molecule has 0 saturated heterocycles. The second kappa shape index (κ2) is 9.56. The van der Waals surface area contributed by atoms with Crippen LogP contribution in [0, 0.1) is 5.92 Å². The minimum atomic E-state index is 0.811. The summed E-state index contributed by atoms with van der Waals surface area (Å²) in [5.74, 6) is 0.811. The van der Waals surface area contributed by atoms with Crippen molar-refractivity contribution in [1.82, 2.24) is 5.43 Å². The van der Waals surface area contributed by atoms with Gasteiger partial charge < -0.3 is 5.43 Å². The number of hydrazone groups is 1. The van der Waals surface area contributed by atoms with Gasteiger partial charge in [-0.2, -0.15) is 5.10 Å². The van der Waals surface area contributed by atoms with Gasteiger partial charge in [0.15, 0.2) is 0 Å². The van der Waals surface area contributed by atoms with Crippen LogP contribution in [0.5, 0.6) is 0 Å². The summed E-state index contributed by atoms with van der Waals surface area (Å²) >= 11 is 0. The standard InChI is InChI=1S/C11H24N2/c1-4-5-6-9-12-13-10-7-8-11(2)3/h9,11,13H,4-8,10H2,1-3H3/b12-9+. The van der Waals surface area contributed by atoms with Crippen molar-refractivity contribution in [3.63, 3.8) is 0 Å². The predicted molar refractivity (Wildman–Crippen MR) is 60.1 cm³/mol. The van der Waals surface area contributed by atoms with Crippen molar-refractivity contribution in [3.05, 3.63) is 0 Å². The molecule has 0 rings (SSSR count). The van der Waals surface area contributed by atoms with Crippen LogP contribution in [0.4, 0.5) is 0 Å². The van der Waals surface area contributed by atoms with Crippen molar-refractivity contribution in [3.8, 4) is 0 Å². The summed E-state index contributed by atoms with van der Waals surface area (Å²) in [5, 5.41) is 4.13. The molecule has 0 atom stereocenters. The number of hydrogen-bond acceptors (Lipinski definition) is 2. The number of nitrogens with zero attached hydrogens (tertiary/aromatic N) is 1. The highest BCUT2D eigenvalue weighted by Crippen LogP contribution is 2.01. The molecule has 0 saturated carbocycles. The summed E-state index contributed by atoms with van der Waals surface area (Å²) in [5.41, 5.74) is 3.07. The van der Waals surface area contributed by atoms with E-state index in [-0.39, 0.29) is 0 Å². The van der Waals surface area contributed by atoms with Gasteiger partial charge in [-0.05, 0) is 31.6 Å². The summed E-state index contributed by atoms with van der Waals surface area (Å²) in [6.45, 7) is 7.72. The quantitative estimate of drug-likeness (QED) is 0.350. The van der Waals surface area contributed by atoms with Crippen LogP contribution in [0.1, 0.15) is 52.9 Å². The van der Waals surface area contributed by atoms with E-state index in [9.17, 15) is 0 Å². The Morgan fingerprint density at radius 3 is 2.69 bits per heavy atom. The highest BCUT2D eigenvalue weighted by molar-refractivity contribution is 5.56. The van der Waals surface area contributed by atoms with E-state index in [2.05, 4.69) is 31.3 Å². The third-order valence-electron chi connectivity index (χ3n) is 1.94. The predicted octanol–water partition coefficient (Wildman–Crippen LogP) is 3.19. The molecule has 0 spiro atoms. The number of nitrogens with one attached hydrogen (secondary N) is 1. The largest absolute Gasteiger partial charge is 0.310 e. The van der Waals surface area contributed by atoms with Gasteiger partial charge in [-0.25, -0.2) is 0 Å². The van der Waals surface area contributed by atoms with Crippen LogP contribution in [-0.4, -0.2) is 12.8 Å². The van der Waals surface area contributed by atoms with Gasteiger partial charge >= 0.3 is 0 Å². The molecule has 0 aromatic rings. The van der Waals surface area contributed by atoms with Crippen molar-refractivity contribution in [2.45, 2.75) is 52.9 Å². The molecule has 0 heterocycles. The average molecular weight is 184 g/mol. The monoisotopic (exact) mass is 184 g/mol. The maximum absolute atomic E-state index is 4.13. The highest BCUT2D eigenvalue weighted by atomic mass is 15.3. The van der Waals surface area contributed by atoms with Gasteiger partial charge in [0, 0.05) is 12.8 Å². The highest BCUT2D eigenvalue weighted by Gasteiger charge is 1.91. The SMILES string of the molecule is CCCC/C=N/NCCCC(C)C. The first-order valence-electron chi connectivity index (χ1n) is 5.51. The van der Waals surface area contributed by atoms with E-state index < -0.39 is 0 Å². The zero-order valence-electron chi connectivity index (χ0n) is 9.34. The number of rotatable bonds is 8. The summed E-state index contributed by atoms with van der Waals surface area (Å²) in [7, 11) is 0. The molecule has 78 valence electrons. The Bertz CT molecular complexity index is 119. The summed E-state index contributed by atoms with van der Waals surface area (Å²) < 4.78 is 0. The van der Waals surface area contributed by atoms with Crippen molar-refractivity contribution in [2.75, 3.05) is 6.54 Å². The van der Waals surface area contributed by atoms with Gasteiger partial charge in [0.2, 0.25) is 0 Å². The number of unbranched alkanes of at least 4 members (excludes halogenated alkanes) is 2. The van der Waals surface area contributed by atoms with Gasteiger partial charge in [0.05, 0.1) is 0 Å². The first-order valence-corrected chi connectivity index (χ1v) is 5.51. The van der Waals surface area contributed by atoms with Crippen LogP contribution in [-0.2, 0) is 0 Å². The van der Waals surface area contributed by atoms with E-state index in [0.717, 1.165) is 18.9 Å². The van der Waals surface area contributed by atoms with E-state index in [0.29, 0.717) is 0 Å². The molecule has 2 nitrogen and oxygen atoms in total. The van der Waals surface area contributed by atoms with Crippen LogP contribution >= 0.6 is 0 Å². The second-order valence-electron chi connectivity index (χ2n) is 3.90. The molecular formula is C11H24N2. The molecule has 13 heavy (non-hydrogen) atoms. The lowest BCUT2D eigenvalue weighted by atomic mass is 10.1. The van der Waals surface area contributed by atoms with Crippen LogP contribution in [0.3, 0.4) is 0 Å². The van der Waals surface area contributed by atoms with Gasteiger partial charge in [0.25, 0.3) is 0 Å². The lowest BCUT2D eigenvalue weighted by Crippen LogP contribution is -2.08. The minimum absolute atomic E-state index is 0.811. The molecule has 0 amide bonds. The maximum Gasteiger partial charge on any atom is 0.0329 e. The topological polar surface area (TPSA) is 24.4 Å². The lowest BCUT2D eigenvalue weighted by molar-refractivity contribution is 0.534.